The summed E-state index contributed by atoms with van der Waals surface area (Å²) in [6.45, 7) is 1.95. The lowest BCUT2D eigenvalue weighted by atomic mass is 9.87. The highest BCUT2D eigenvalue weighted by Gasteiger charge is 2.37. The van der Waals surface area contributed by atoms with Gasteiger partial charge < -0.3 is 9.52 Å². The lowest BCUT2D eigenvalue weighted by Crippen LogP contribution is -2.17. The minimum atomic E-state index is -3.97. The lowest BCUT2D eigenvalue weighted by molar-refractivity contribution is -0.384. The first-order valence-corrected chi connectivity index (χ1v) is 14.9. The van der Waals surface area contributed by atoms with E-state index in [1.165, 1.54) is 12.1 Å². The predicted molar refractivity (Wildman–Crippen MR) is 155 cm³/mol. The number of non-ortho nitro benzene ring substituents is 1. The first kappa shape index (κ1) is 28.1. The Balaban J connectivity index is 1.36. The van der Waals surface area contributed by atoms with E-state index in [1.807, 2.05) is 43.3 Å². The number of sulfonamides is 1. The molecule has 1 aliphatic carbocycles. The van der Waals surface area contributed by atoms with Crippen molar-refractivity contribution < 1.29 is 22.9 Å². The molecule has 41 heavy (non-hydrogen) atoms. The van der Waals surface area contributed by atoms with E-state index >= 15 is 0 Å². The molecule has 9 nitrogen and oxygen atoms in total. The van der Waals surface area contributed by atoms with Gasteiger partial charge in [-0.3, -0.25) is 14.8 Å². The Bertz CT molecular complexity index is 1710. The summed E-state index contributed by atoms with van der Waals surface area (Å²) in [5.74, 6) is 0.136. The Hall–Kier alpha value is -4.44. The molecule has 1 heterocycles. The topological polar surface area (TPSA) is 140 Å². The third kappa shape index (κ3) is 6.33. The smallest absolute Gasteiger partial charge is 0.343 e. The summed E-state index contributed by atoms with van der Waals surface area (Å²) in [5, 5.41) is 21.9. The van der Waals surface area contributed by atoms with Crippen molar-refractivity contribution in [2.45, 2.75) is 49.3 Å². The highest BCUT2D eigenvalue weighted by atomic mass is 32.2. The van der Waals surface area contributed by atoms with Crippen LogP contribution in [0.2, 0.25) is 0 Å². The molecule has 1 fully saturated rings. The maximum absolute atomic E-state index is 13.2. The van der Waals surface area contributed by atoms with Crippen LogP contribution >= 0.6 is 0 Å². The number of nitrogens with zero attached hydrogens (tertiary/aromatic N) is 1. The fourth-order valence-electron chi connectivity index (χ4n) is 5.21. The zero-order valence-corrected chi connectivity index (χ0v) is 23.2. The maximum atomic E-state index is 13.2. The Morgan fingerprint density at radius 3 is 2.34 bits per heavy atom. The molecular formula is C31H30N2O7S. The van der Waals surface area contributed by atoms with Crippen molar-refractivity contribution in [1.29, 1.82) is 0 Å². The van der Waals surface area contributed by atoms with Crippen LogP contribution in [0.5, 0.6) is 5.75 Å². The Kier molecular flexibility index (Phi) is 7.94. The van der Waals surface area contributed by atoms with E-state index in [-0.39, 0.29) is 34.1 Å². The van der Waals surface area contributed by atoms with Crippen molar-refractivity contribution in [3.8, 4) is 5.75 Å². The summed E-state index contributed by atoms with van der Waals surface area (Å²) in [6.07, 6.45) is 3.03. The summed E-state index contributed by atoms with van der Waals surface area (Å²) in [4.78, 5) is 23.4. The van der Waals surface area contributed by atoms with Gasteiger partial charge in [-0.15, -0.1) is 0 Å². The van der Waals surface area contributed by atoms with Gasteiger partial charge in [0, 0.05) is 35.7 Å². The average Bonchev–Trinajstić information content (AvgIpc) is 3.79. The van der Waals surface area contributed by atoms with E-state index in [9.17, 15) is 28.4 Å². The molecule has 0 aliphatic heterocycles. The van der Waals surface area contributed by atoms with Crippen LogP contribution in [0, 0.1) is 16.0 Å². The molecule has 2 N–H and O–H groups in total. The van der Waals surface area contributed by atoms with Crippen molar-refractivity contribution >= 4 is 21.4 Å². The number of nitrogens with one attached hydrogen (secondary N) is 1. The van der Waals surface area contributed by atoms with E-state index in [4.69, 9.17) is 4.42 Å². The zero-order chi connectivity index (χ0) is 29.1. The molecule has 10 heteroatoms. The third-order valence-electron chi connectivity index (χ3n) is 7.46. The molecule has 2 unspecified atom stereocenters. The third-order valence-corrected chi connectivity index (χ3v) is 8.86. The Labute approximate surface area is 237 Å². The average molecular weight is 575 g/mol. The zero-order valence-electron chi connectivity index (χ0n) is 22.4. The molecule has 0 saturated heterocycles. The van der Waals surface area contributed by atoms with E-state index < -0.39 is 20.6 Å². The van der Waals surface area contributed by atoms with Gasteiger partial charge in [-0.05, 0) is 67.0 Å². The van der Waals surface area contributed by atoms with Crippen LogP contribution in [-0.2, 0) is 16.4 Å². The van der Waals surface area contributed by atoms with Crippen LogP contribution in [0.15, 0.2) is 99.0 Å². The lowest BCUT2D eigenvalue weighted by Gasteiger charge is -2.20. The summed E-state index contributed by atoms with van der Waals surface area (Å²) in [7, 11) is -3.97. The second kappa shape index (κ2) is 11.6. The summed E-state index contributed by atoms with van der Waals surface area (Å²) >= 11 is 0. The second-order valence-electron chi connectivity index (χ2n) is 10.3. The quantitative estimate of drug-likeness (QED) is 0.157. The number of nitro benzene ring substituents is 1. The molecule has 0 radical (unpaired) electrons. The number of anilines is 1. The number of hydrogen-bond donors (Lipinski definition) is 2. The first-order valence-electron chi connectivity index (χ1n) is 13.4. The van der Waals surface area contributed by atoms with Crippen molar-refractivity contribution in [1.82, 2.24) is 0 Å². The Morgan fingerprint density at radius 2 is 1.73 bits per heavy atom. The van der Waals surface area contributed by atoms with E-state index in [2.05, 4.69) is 4.72 Å². The molecule has 1 aliphatic rings. The van der Waals surface area contributed by atoms with Gasteiger partial charge in [-0.1, -0.05) is 49.4 Å². The molecule has 4 aromatic rings. The first-order chi connectivity index (χ1) is 19.7. The molecule has 0 amide bonds. The van der Waals surface area contributed by atoms with Crippen LogP contribution in [-0.4, -0.2) is 18.4 Å². The van der Waals surface area contributed by atoms with E-state index in [0.717, 1.165) is 36.1 Å². The van der Waals surface area contributed by atoms with E-state index in [0.29, 0.717) is 29.9 Å². The fraction of sp³-hybridized carbons (Fsp3) is 0.258. The number of hydrogen-bond acceptors (Lipinski definition) is 7. The monoisotopic (exact) mass is 574 g/mol. The predicted octanol–water partition coefficient (Wildman–Crippen LogP) is 6.33. The van der Waals surface area contributed by atoms with Gasteiger partial charge in [0.05, 0.1) is 15.4 Å². The molecule has 0 spiro atoms. The van der Waals surface area contributed by atoms with Gasteiger partial charge >= 0.3 is 5.63 Å². The Morgan fingerprint density at radius 1 is 1.02 bits per heavy atom. The van der Waals surface area contributed by atoms with E-state index in [1.54, 1.807) is 24.3 Å². The van der Waals surface area contributed by atoms with Gasteiger partial charge in [-0.25, -0.2) is 13.2 Å². The molecule has 212 valence electrons. The molecule has 0 bridgehead atoms. The minimum absolute atomic E-state index is 0.0694. The normalized spacial score (nSPS) is 14.8. The molecule has 3 aromatic carbocycles. The van der Waals surface area contributed by atoms with Crippen molar-refractivity contribution in [3.63, 3.8) is 0 Å². The second-order valence-corrected chi connectivity index (χ2v) is 12.0. The highest BCUT2D eigenvalue weighted by Crippen LogP contribution is 2.47. The van der Waals surface area contributed by atoms with Crippen LogP contribution in [0.4, 0.5) is 11.4 Å². The van der Waals surface area contributed by atoms with Gasteiger partial charge in [0.1, 0.15) is 11.5 Å². The minimum Gasteiger partial charge on any atom is -0.507 e. The van der Waals surface area contributed by atoms with Crippen molar-refractivity contribution in [2.24, 2.45) is 5.92 Å². The van der Waals surface area contributed by atoms with Gasteiger partial charge in [0.25, 0.3) is 15.7 Å². The van der Waals surface area contributed by atoms with Crippen LogP contribution < -0.4 is 10.3 Å². The van der Waals surface area contributed by atoms with Gasteiger partial charge in [0.15, 0.2) is 0 Å². The summed E-state index contributed by atoms with van der Waals surface area (Å²) < 4.78 is 34.0. The van der Waals surface area contributed by atoms with Crippen LogP contribution in [0.25, 0.3) is 0 Å². The molecule has 5 rings (SSSR count). The maximum Gasteiger partial charge on any atom is 0.343 e. The number of nitro groups is 1. The SMILES string of the molecule is CCC(Cc1cccc(NS(=O)(=O)c2ccc([N+](=O)[O-])cc2)c1)c1cc(O)c(C(c2ccccc2)C2CC2)c(=O)o1. The van der Waals surface area contributed by atoms with Gasteiger partial charge in [0.2, 0.25) is 0 Å². The summed E-state index contributed by atoms with van der Waals surface area (Å²) in [6, 6.07) is 22.7. The van der Waals surface area contributed by atoms with Crippen LogP contribution in [0.3, 0.4) is 0 Å². The standard InChI is InChI=1S/C31H30N2O7S/c1-2-21(28-19-27(34)30(31(35)40-28)29(23-11-12-23)22-8-4-3-5-9-22)17-20-7-6-10-24(18-20)32-41(38,39)26-15-13-25(14-16-26)33(36)37/h3-10,13-16,18-19,21,23,29,32,34H,2,11-12,17H2,1H3. The highest BCUT2D eigenvalue weighted by molar-refractivity contribution is 7.92. The summed E-state index contributed by atoms with van der Waals surface area (Å²) in [5.41, 5.74) is 1.65. The fourth-order valence-corrected chi connectivity index (χ4v) is 6.26. The van der Waals surface area contributed by atoms with Crippen molar-refractivity contribution in [2.75, 3.05) is 4.72 Å². The molecule has 2 atom stereocenters. The number of aromatic hydroxyl groups is 1. The largest absolute Gasteiger partial charge is 0.507 e. The van der Waals surface area contributed by atoms with Crippen molar-refractivity contribution in [3.05, 3.63) is 128 Å². The number of benzene rings is 3. The number of rotatable bonds is 11. The molecule has 1 saturated carbocycles. The van der Waals surface area contributed by atoms with Crippen LogP contribution in [0.1, 0.15) is 60.5 Å². The van der Waals surface area contributed by atoms with Gasteiger partial charge in [-0.2, -0.15) is 0 Å². The molecule has 1 aromatic heterocycles. The molecular weight excluding hydrogens is 544 g/mol.